The molecule has 0 radical (unpaired) electrons. The average molecular weight is 564 g/mol. The van der Waals surface area contributed by atoms with Gasteiger partial charge < -0.3 is 4.42 Å². The molecule has 9 rings (SSSR count). The van der Waals surface area contributed by atoms with Gasteiger partial charge in [0.05, 0.1) is 22.4 Å². The lowest BCUT2D eigenvalue weighted by Crippen LogP contribution is -2.04. The Kier molecular flexibility index (Phi) is 5.47. The molecule has 0 amide bonds. The molecule has 0 atom stereocenters. The van der Waals surface area contributed by atoms with Gasteiger partial charge in [-0.3, -0.25) is 4.57 Å². The molecule has 206 valence electrons. The van der Waals surface area contributed by atoms with Crippen LogP contribution in [0.3, 0.4) is 0 Å². The summed E-state index contributed by atoms with van der Waals surface area (Å²) in [4.78, 5) is 10.4. The molecule has 0 saturated carbocycles. The van der Waals surface area contributed by atoms with Crippen LogP contribution in [-0.2, 0) is 0 Å². The molecule has 0 fully saturated rings. The van der Waals surface area contributed by atoms with Crippen LogP contribution in [0.4, 0.5) is 0 Å². The zero-order valence-corrected chi connectivity index (χ0v) is 23.7. The molecule has 0 unspecified atom stereocenters. The number of rotatable bonds is 4. The van der Waals surface area contributed by atoms with Gasteiger partial charge in [0, 0.05) is 32.7 Å². The van der Waals surface area contributed by atoms with E-state index in [1.807, 2.05) is 36.4 Å². The summed E-state index contributed by atoms with van der Waals surface area (Å²) in [7, 11) is 0. The summed E-state index contributed by atoms with van der Waals surface area (Å²) < 4.78 is 8.38. The number of furan rings is 1. The van der Waals surface area contributed by atoms with Crippen LogP contribution < -0.4 is 0 Å². The lowest BCUT2D eigenvalue weighted by molar-refractivity contribution is 0.669. The lowest BCUT2D eigenvalue weighted by Gasteiger charge is -2.12. The van der Waals surface area contributed by atoms with Crippen LogP contribution in [0, 0.1) is 0 Å². The monoisotopic (exact) mass is 563 g/mol. The van der Waals surface area contributed by atoms with Crippen molar-refractivity contribution in [1.82, 2.24) is 14.5 Å². The maximum Gasteiger partial charge on any atom is 0.235 e. The Morgan fingerprint density at radius 1 is 0.432 bits per heavy atom. The largest absolute Gasteiger partial charge is 0.456 e. The van der Waals surface area contributed by atoms with E-state index in [1.165, 1.54) is 10.8 Å². The number of hydrogen-bond acceptors (Lipinski definition) is 3. The summed E-state index contributed by atoms with van der Waals surface area (Å²) in [6.45, 7) is 0. The van der Waals surface area contributed by atoms with Crippen LogP contribution >= 0.6 is 0 Å². The smallest absolute Gasteiger partial charge is 0.235 e. The molecule has 3 heterocycles. The molecule has 0 aliphatic carbocycles. The first-order valence-electron chi connectivity index (χ1n) is 14.8. The van der Waals surface area contributed by atoms with Crippen molar-refractivity contribution in [2.45, 2.75) is 0 Å². The summed E-state index contributed by atoms with van der Waals surface area (Å²) >= 11 is 0. The van der Waals surface area contributed by atoms with Crippen molar-refractivity contribution in [3.8, 4) is 39.6 Å². The number of nitrogens with zero attached hydrogens (tertiary/aromatic N) is 3. The van der Waals surface area contributed by atoms with Crippen molar-refractivity contribution in [3.63, 3.8) is 0 Å². The van der Waals surface area contributed by atoms with E-state index in [1.54, 1.807) is 0 Å². The van der Waals surface area contributed by atoms with E-state index < -0.39 is 0 Å². The van der Waals surface area contributed by atoms with Crippen molar-refractivity contribution < 1.29 is 4.42 Å². The van der Waals surface area contributed by atoms with Crippen LogP contribution in [0.25, 0.3) is 83.3 Å². The number of aromatic nitrogens is 3. The summed E-state index contributed by atoms with van der Waals surface area (Å²) in [5, 5.41) is 4.60. The number of para-hydroxylation sites is 3. The Morgan fingerprint density at radius 2 is 1.00 bits per heavy atom. The molecule has 0 spiro atoms. The van der Waals surface area contributed by atoms with E-state index in [4.69, 9.17) is 14.4 Å². The minimum Gasteiger partial charge on any atom is -0.456 e. The van der Waals surface area contributed by atoms with Crippen LogP contribution in [0.5, 0.6) is 0 Å². The standard InChI is InChI=1S/C40H25N3O/c1-2-12-26(13-3-1)33-25-34(42-40(41-33)43-35-20-7-4-16-30(35)31-17-5-8-21-36(31)43)28-15-10-14-27(24-28)29-19-11-23-38-39(29)32-18-6-9-22-37(32)44-38/h1-25H. The Bertz CT molecular complexity index is 2450. The van der Waals surface area contributed by atoms with Gasteiger partial charge in [-0.25, -0.2) is 9.97 Å². The highest BCUT2D eigenvalue weighted by Crippen LogP contribution is 2.38. The zero-order valence-electron chi connectivity index (χ0n) is 23.7. The van der Waals surface area contributed by atoms with E-state index in [0.29, 0.717) is 5.95 Å². The van der Waals surface area contributed by atoms with Crippen molar-refractivity contribution >= 4 is 43.7 Å². The predicted molar refractivity (Wildman–Crippen MR) is 180 cm³/mol. The molecule has 4 heteroatoms. The Morgan fingerprint density at radius 3 is 1.77 bits per heavy atom. The van der Waals surface area contributed by atoms with Crippen LogP contribution in [-0.4, -0.2) is 14.5 Å². The first-order valence-corrected chi connectivity index (χ1v) is 14.8. The van der Waals surface area contributed by atoms with Crippen LogP contribution in [0.2, 0.25) is 0 Å². The van der Waals surface area contributed by atoms with Gasteiger partial charge in [-0.15, -0.1) is 0 Å². The highest BCUT2D eigenvalue weighted by molar-refractivity contribution is 6.12. The zero-order chi connectivity index (χ0) is 29.0. The Labute approximate surface area is 253 Å². The molecular weight excluding hydrogens is 538 g/mol. The average Bonchev–Trinajstić information content (AvgIpc) is 3.65. The molecule has 44 heavy (non-hydrogen) atoms. The van der Waals surface area contributed by atoms with E-state index in [9.17, 15) is 0 Å². The number of fused-ring (bicyclic) bond motifs is 6. The molecule has 6 aromatic carbocycles. The fourth-order valence-corrected chi connectivity index (χ4v) is 6.44. The third-order valence-corrected chi connectivity index (χ3v) is 8.44. The quantitative estimate of drug-likeness (QED) is 0.214. The van der Waals surface area contributed by atoms with Crippen molar-refractivity contribution in [3.05, 3.63) is 152 Å². The maximum absolute atomic E-state index is 6.20. The fraction of sp³-hybridized carbons (Fsp3) is 0. The predicted octanol–water partition coefficient (Wildman–Crippen LogP) is 10.5. The third-order valence-electron chi connectivity index (χ3n) is 8.44. The molecule has 3 aromatic heterocycles. The van der Waals surface area contributed by atoms with Gasteiger partial charge in [-0.05, 0) is 47.5 Å². The highest BCUT2D eigenvalue weighted by Gasteiger charge is 2.17. The minimum absolute atomic E-state index is 0.645. The maximum atomic E-state index is 6.20. The van der Waals surface area contributed by atoms with E-state index in [0.717, 1.165) is 66.6 Å². The van der Waals surface area contributed by atoms with Crippen LogP contribution in [0.15, 0.2) is 156 Å². The summed E-state index contributed by atoms with van der Waals surface area (Å²) in [5.74, 6) is 0.645. The Balaban J connectivity index is 1.28. The van der Waals surface area contributed by atoms with Crippen molar-refractivity contribution in [2.24, 2.45) is 0 Å². The van der Waals surface area contributed by atoms with Gasteiger partial charge in [0.1, 0.15) is 11.2 Å². The summed E-state index contributed by atoms with van der Waals surface area (Å²) in [5.41, 5.74) is 9.99. The van der Waals surface area contributed by atoms with Crippen molar-refractivity contribution in [1.29, 1.82) is 0 Å². The van der Waals surface area contributed by atoms with Gasteiger partial charge in [0.2, 0.25) is 5.95 Å². The molecule has 4 nitrogen and oxygen atoms in total. The van der Waals surface area contributed by atoms with E-state index in [-0.39, 0.29) is 0 Å². The van der Waals surface area contributed by atoms with E-state index in [2.05, 4.69) is 120 Å². The van der Waals surface area contributed by atoms with Gasteiger partial charge >= 0.3 is 0 Å². The third kappa shape index (κ3) is 3.85. The summed E-state index contributed by atoms with van der Waals surface area (Å²) in [6.07, 6.45) is 0. The molecule has 0 N–H and O–H groups in total. The van der Waals surface area contributed by atoms with Crippen molar-refractivity contribution in [2.75, 3.05) is 0 Å². The molecule has 9 aromatic rings. The molecular formula is C40H25N3O. The van der Waals surface area contributed by atoms with E-state index >= 15 is 0 Å². The summed E-state index contributed by atoms with van der Waals surface area (Å²) in [6, 6.07) is 52.5. The van der Waals surface area contributed by atoms with Gasteiger partial charge in [-0.2, -0.15) is 0 Å². The molecule has 0 saturated heterocycles. The molecule has 0 aliphatic heterocycles. The fourth-order valence-electron chi connectivity index (χ4n) is 6.44. The number of hydrogen-bond donors (Lipinski definition) is 0. The second kappa shape index (κ2) is 9.79. The van der Waals surface area contributed by atoms with Gasteiger partial charge in [0.25, 0.3) is 0 Å². The second-order valence-corrected chi connectivity index (χ2v) is 11.0. The normalized spacial score (nSPS) is 11.6. The second-order valence-electron chi connectivity index (χ2n) is 11.0. The Hall–Kier alpha value is -6.00. The number of benzene rings is 6. The first kappa shape index (κ1) is 24.6. The van der Waals surface area contributed by atoms with Crippen LogP contribution in [0.1, 0.15) is 0 Å². The van der Waals surface area contributed by atoms with Gasteiger partial charge in [-0.1, -0.05) is 115 Å². The highest BCUT2D eigenvalue weighted by atomic mass is 16.3. The minimum atomic E-state index is 0.645. The molecule has 0 aliphatic rings. The first-order chi connectivity index (χ1) is 21.8. The van der Waals surface area contributed by atoms with Gasteiger partial charge in [0.15, 0.2) is 0 Å². The topological polar surface area (TPSA) is 43.9 Å². The SMILES string of the molecule is c1ccc(-c2cc(-c3cccc(-c4cccc5oc6ccccc6c45)c3)nc(-n3c4ccccc4c4ccccc43)n2)cc1. The molecule has 0 bridgehead atoms. The lowest BCUT2D eigenvalue weighted by atomic mass is 9.97.